The molecule has 0 radical (unpaired) electrons. The maximum Gasteiger partial charge on any atom is 0.335 e. The van der Waals surface area contributed by atoms with Crippen molar-refractivity contribution in [3.63, 3.8) is 0 Å². The quantitative estimate of drug-likeness (QED) is 0.282. The highest BCUT2D eigenvalue weighted by Gasteiger charge is 2.14. The summed E-state index contributed by atoms with van der Waals surface area (Å²) in [7, 11) is 0. The van der Waals surface area contributed by atoms with Gasteiger partial charge in [-0.3, -0.25) is 0 Å². The van der Waals surface area contributed by atoms with Crippen LogP contribution >= 0.6 is 0 Å². The number of rotatable bonds is 9. The molecular weight excluding hydrogens is 256 g/mol. The summed E-state index contributed by atoms with van der Waals surface area (Å²) in [6.45, 7) is 10.6. The summed E-state index contributed by atoms with van der Waals surface area (Å²) in [6, 6.07) is 0. The second-order valence-electron chi connectivity index (χ2n) is 5.32. The third kappa shape index (κ3) is 7.46. The van der Waals surface area contributed by atoms with Gasteiger partial charge in [0.05, 0.1) is 31.5 Å². The first-order valence-corrected chi connectivity index (χ1v) is 7.28. The topological polar surface area (TPSA) is 44.8 Å². The van der Waals surface area contributed by atoms with E-state index in [0.717, 1.165) is 18.4 Å². The van der Waals surface area contributed by atoms with E-state index in [1.54, 1.807) is 0 Å². The molecule has 20 heavy (non-hydrogen) atoms. The molecule has 0 aromatic heterocycles. The zero-order chi connectivity index (χ0) is 14.8. The van der Waals surface area contributed by atoms with Crippen molar-refractivity contribution >= 4 is 5.97 Å². The Morgan fingerprint density at radius 1 is 1.10 bits per heavy atom. The molecular formula is C16H26O4. The van der Waals surface area contributed by atoms with Crippen LogP contribution in [0.25, 0.3) is 0 Å². The second kappa shape index (κ2) is 9.72. The summed E-state index contributed by atoms with van der Waals surface area (Å²) in [6.07, 6.45) is 6.36. The molecule has 0 amide bonds. The Morgan fingerprint density at radius 2 is 1.80 bits per heavy atom. The molecule has 1 aliphatic carbocycles. The van der Waals surface area contributed by atoms with E-state index in [-0.39, 0.29) is 13.2 Å². The Labute approximate surface area is 121 Å². The molecule has 0 bridgehead atoms. The molecule has 0 atom stereocenters. The lowest BCUT2D eigenvalue weighted by molar-refractivity contribution is -0.142. The summed E-state index contributed by atoms with van der Waals surface area (Å²) in [5, 5.41) is 0. The molecule has 4 nitrogen and oxygen atoms in total. The van der Waals surface area contributed by atoms with E-state index in [0.29, 0.717) is 24.9 Å². The minimum Gasteiger partial charge on any atom is -0.460 e. The molecule has 0 N–H and O–H groups in total. The van der Waals surface area contributed by atoms with Gasteiger partial charge in [-0.1, -0.05) is 38.0 Å². The van der Waals surface area contributed by atoms with Gasteiger partial charge in [0.15, 0.2) is 0 Å². The van der Waals surface area contributed by atoms with Crippen LogP contribution in [0.1, 0.15) is 39.0 Å². The van der Waals surface area contributed by atoms with Gasteiger partial charge in [-0.25, -0.2) is 4.79 Å². The Bertz CT molecular complexity index is 329. The standard InChI is InChI=1S/C16H26O4/c1-13(2)11-18-12-14(3)16(17)20-10-9-19-15-7-5-4-6-8-15/h15H,1,3-12H2,2H3. The minimum atomic E-state index is -0.418. The largest absolute Gasteiger partial charge is 0.460 e. The van der Waals surface area contributed by atoms with Crippen LogP contribution in [-0.4, -0.2) is 38.5 Å². The lowest BCUT2D eigenvalue weighted by Gasteiger charge is -2.21. The fourth-order valence-corrected chi connectivity index (χ4v) is 2.09. The molecule has 0 heterocycles. The van der Waals surface area contributed by atoms with E-state index in [9.17, 15) is 4.79 Å². The van der Waals surface area contributed by atoms with Crippen LogP contribution in [0.3, 0.4) is 0 Å². The van der Waals surface area contributed by atoms with Crippen molar-refractivity contribution < 1.29 is 19.0 Å². The van der Waals surface area contributed by atoms with Gasteiger partial charge in [0, 0.05) is 0 Å². The maximum absolute atomic E-state index is 11.6. The van der Waals surface area contributed by atoms with Gasteiger partial charge in [-0.05, 0) is 19.8 Å². The average molecular weight is 282 g/mol. The third-order valence-corrected chi connectivity index (χ3v) is 3.14. The van der Waals surface area contributed by atoms with Crippen molar-refractivity contribution in [1.29, 1.82) is 0 Å². The molecule has 0 aromatic carbocycles. The van der Waals surface area contributed by atoms with Crippen molar-refractivity contribution in [3.05, 3.63) is 24.3 Å². The molecule has 0 saturated heterocycles. The van der Waals surface area contributed by atoms with E-state index in [2.05, 4.69) is 13.2 Å². The van der Waals surface area contributed by atoms with E-state index in [1.165, 1.54) is 19.3 Å². The van der Waals surface area contributed by atoms with Gasteiger partial charge >= 0.3 is 5.97 Å². The smallest absolute Gasteiger partial charge is 0.335 e. The summed E-state index contributed by atoms with van der Waals surface area (Å²) in [4.78, 5) is 11.6. The Kier molecular flexibility index (Phi) is 8.23. The van der Waals surface area contributed by atoms with Crippen LogP contribution in [0.2, 0.25) is 0 Å². The minimum absolute atomic E-state index is 0.176. The molecule has 114 valence electrons. The Morgan fingerprint density at radius 3 is 2.45 bits per heavy atom. The van der Waals surface area contributed by atoms with Crippen LogP contribution in [-0.2, 0) is 19.0 Å². The van der Waals surface area contributed by atoms with Crippen LogP contribution in [0, 0.1) is 0 Å². The van der Waals surface area contributed by atoms with Crippen molar-refractivity contribution in [2.45, 2.75) is 45.1 Å². The van der Waals surface area contributed by atoms with Crippen molar-refractivity contribution in [3.8, 4) is 0 Å². The summed E-state index contributed by atoms with van der Waals surface area (Å²) in [5.74, 6) is -0.418. The first-order valence-electron chi connectivity index (χ1n) is 7.28. The first kappa shape index (κ1) is 16.9. The van der Waals surface area contributed by atoms with Crippen LogP contribution in [0.15, 0.2) is 24.3 Å². The molecule has 4 heteroatoms. The molecule has 0 unspecified atom stereocenters. The average Bonchev–Trinajstić information content (AvgIpc) is 2.44. The normalized spacial score (nSPS) is 15.8. The predicted molar refractivity (Wildman–Crippen MR) is 78.6 cm³/mol. The second-order valence-corrected chi connectivity index (χ2v) is 5.32. The number of ether oxygens (including phenoxy) is 3. The van der Waals surface area contributed by atoms with Gasteiger partial charge in [0.1, 0.15) is 6.61 Å². The van der Waals surface area contributed by atoms with Gasteiger partial charge < -0.3 is 14.2 Å². The number of carbonyl (C=O) groups is 1. The van der Waals surface area contributed by atoms with Crippen LogP contribution in [0.4, 0.5) is 0 Å². The number of carbonyl (C=O) groups excluding carboxylic acids is 1. The highest BCUT2D eigenvalue weighted by atomic mass is 16.6. The fourth-order valence-electron chi connectivity index (χ4n) is 2.09. The van der Waals surface area contributed by atoms with Crippen LogP contribution in [0.5, 0.6) is 0 Å². The maximum atomic E-state index is 11.6. The van der Waals surface area contributed by atoms with Gasteiger partial charge in [-0.2, -0.15) is 0 Å². The number of hydrogen-bond acceptors (Lipinski definition) is 4. The van der Waals surface area contributed by atoms with Gasteiger partial charge in [-0.15, -0.1) is 0 Å². The SMILES string of the molecule is C=C(C)COCC(=C)C(=O)OCCOC1CCCCC1. The lowest BCUT2D eigenvalue weighted by Crippen LogP contribution is -2.21. The lowest BCUT2D eigenvalue weighted by atomic mass is 9.98. The zero-order valence-corrected chi connectivity index (χ0v) is 12.5. The van der Waals surface area contributed by atoms with Crippen molar-refractivity contribution in [1.82, 2.24) is 0 Å². The third-order valence-electron chi connectivity index (χ3n) is 3.14. The summed E-state index contributed by atoms with van der Waals surface area (Å²) < 4.78 is 16.0. The molecule has 0 aromatic rings. The van der Waals surface area contributed by atoms with Crippen LogP contribution < -0.4 is 0 Å². The molecule has 1 aliphatic rings. The summed E-state index contributed by atoms with van der Waals surface area (Å²) >= 11 is 0. The van der Waals surface area contributed by atoms with E-state index < -0.39 is 5.97 Å². The van der Waals surface area contributed by atoms with E-state index >= 15 is 0 Å². The molecule has 0 aliphatic heterocycles. The van der Waals surface area contributed by atoms with Crippen molar-refractivity contribution in [2.75, 3.05) is 26.4 Å². The Hall–Kier alpha value is -1.13. The first-order chi connectivity index (χ1) is 9.59. The molecule has 0 spiro atoms. The predicted octanol–water partition coefficient (Wildman–Crippen LogP) is 3.03. The van der Waals surface area contributed by atoms with Gasteiger partial charge in [0.2, 0.25) is 0 Å². The fraction of sp³-hybridized carbons (Fsp3) is 0.688. The Balaban J connectivity index is 2.03. The summed E-state index contributed by atoms with van der Waals surface area (Å²) in [5.41, 5.74) is 1.23. The molecule has 1 rings (SSSR count). The van der Waals surface area contributed by atoms with E-state index in [4.69, 9.17) is 14.2 Å². The van der Waals surface area contributed by atoms with E-state index in [1.807, 2.05) is 6.92 Å². The van der Waals surface area contributed by atoms with Crippen molar-refractivity contribution in [2.24, 2.45) is 0 Å². The zero-order valence-electron chi connectivity index (χ0n) is 12.5. The highest BCUT2D eigenvalue weighted by Crippen LogP contribution is 2.19. The molecule has 1 saturated carbocycles. The van der Waals surface area contributed by atoms with Gasteiger partial charge in [0.25, 0.3) is 0 Å². The monoisotopic (exact) mass is 282 g/mol. The highest BCUT2D eigenvalue weighted by molar-refractivity contribution is 5.87. The number of esters is 1. The number of hydrogen-bond donors (Lipinski definition) is 0. The molecule has 1 fully saturated rings.